The van der Waals surface area contributed by atoms with Gasteiger partial charge in [0.2, 0.25) is 0 Å². The van der Waals surface area contributed by atoms with Crippen LogP contribution in [-0.2, 0) is 16.1 Å². The Kier molecular flexibility index (Phi) is 5.14. The second-order valence-corrected chi connectivity index (χ2v) is 6.16. The normalized spacial score (nSPS) is 12.4. The van der Waals surface area contributed by atoms with Crippen LogP contribution in [0.3, 0.4) is 0 Å². The molecule has 7 nitrogen and oxygen atoms in total. The molecule has 0 aliphatic rings. The number of anilines is 1. The molecule has 2 heterocycles. The molecule has 0 fully saturated rings. The third kappa shape index (κ3) is 4.06. The highest BCUT2D eigenvalue weighted by molar-refractivity contribution is 5.90. The summed E-state index contributed by atoms with van der Waals surface area (Å²) < 4.78 is 7.29. The first kappa shape index (κ1) is 17.2. The van der Waals surface area contributed by atoms with Gasteiger partial charge in [-0.1, -0.05) is 13.0 Å². The third-order valence-corrected chi connectivity index (χ3v) is 4.10. The number of aryl methyl sites for hydroxylation is 1. The van der Waals surface area contributed by atoms with Gasteiger partial charge in [-0.05, 0) is 38.0 Å². The summed E-state index contributed by atoms with van der Waals surface area (Å²) in [6, 6.07) is 8.03. The van der Waals surface area contributed by atoms with Gasteiger partial charge in [-0.25, -0.2) is 9.67 Å². The fraction of sp³-hybridized carbons (Fsp3) is 0.389. The zero-order valence-corrected chi connectivity index (χ0v) is 14.7. The molecule has 0 saturated heterocycles. The SMILES string of the molecule is CC[C@H](C)n1nccc1NC(=O)COCc1nc2ccc(C)cc2[nH]1. The summed E-state index contributed by atoms with van der Waals surface area (Å²) in [5.41, 5.74) is 3.03. The Morgan fingerprint density at radius 3 is 3.04 bits per heavy atom. The van der Waals surface area contributed by atoms with Gasteiger partial charge in [-0.15, -0.1) is 0 Å². The van der Waals surface area contributed by atoms with Crippen LogP contribution in [0.4, 0.5) is 5.82 Å². The van der Waals surface area contributed by atoms with Crippen molar-refractivity contribution >= 4 is 22.8 Å². The van der Waals surface area contributed by atoms with E-state index in [0.29, 0.717) is 11.6 Å². The van der Waals surface area contributed by atoms with E-state index in [4.69, 9.17) is 4.74 Å². The fourth-order valence-corrected chi connectivity index (χ4v) is 2.60. The molecule has 0 radical (unpaired) electrons. The van der Waals surface area contributed by atoms with Gasteiger partial charge in [0.1, 0.15) is 24.9 Å². The summed E-state index contributed by atoms with van der Waals surface area (Å²) in [6.07, 6.45) is 2.62. The van der Waals surface area contributed by atoms with Gasteiger partial charge in [0.15, 0.2) is 0 Å². The van der Waals surface area contributed by atoms with Crippen molar-refractivity contribution in [3.8, 4) is 0 Å². The Morgan fingerprint density at radius 1 is 1.40 bits per heavy atom. The number of nitrogens with one attached hydrogen (secondary N) is 2. The Bertz CT molecular complexity index is 867. The van der Waals surface area contributed by atoms with Gasteiger partial charge in [-0.3, -0.25) is 4.79 Å². The van der Waals surface area contributed by atoms with E-state index in [1.54, 1.807) is 16.9 Å². The largest absolute Gasteiger partial charge is 0.364 e. The molecule has 3 aromatic rings. The predicted octanol–water partition coefficient (Wildman–Crippen LogP) is 3.19. The number of aromatic amines is 1. The van der Waals surface area contributed by atoms with Gasteiger partial charge in [0.05, 0.1) is 23.3 Å². The van der Waals surface area contributed by atoms with Crippen molar-refractivity contribution in [2.45, 2.75) is 39.8 Å². The van der Waals surface area contributed by atoms with E-state index in [1.807, 2.05) is 25.1 Å². The van der Waals surface area contributed by atoms with E-state index in [0.717, 1.165) is 17.5 Å². The number of aromatic nitrogens is 4. The van der Waals surface area contributed by atoms with Crippen LogP contribution in [0.5, 0.6) is 0 Å². The molecule has 0 bridgehead atoms. The van der Waals surface area contributed by atoms with Gasteiger partial charge in [0.25, 0.3) is 5.91 Å². The first-order valence-electron chi connectivity index (χ1n) is 8.43. The molecule has 1 aromatic carbocycles. The van der Waals surface area contributed by atoms with Crippen LogP contribution in [0.25, 0.3) is 11.0 Å². The monoisotopic (exact) mass is 341 g/mol. The van der Waals surface area contributed by atoms with Crippen molar-refractivity contribution in [3.63, 3.8) is 0 Å². The van der Waals surface area contributed by atoms with Crippen LogP contribution in [0.15, 0.2) is 30.5 Å². The molecule has 1 amide bonds. The second-order valence-electron chi connectivity index (χ2n) is 6.16. The van der Waals surface area contributed by atoms with Crippen LogP contribution >= 0.6 is 0 Å². The fourth-order valence-electron chi connectivity index (χ4n) is 2.60. The molecule has 2 aromatic heterocycles. The van der Waals surface area contributed by atoms with E-state index >= 15 is 0 Å². The lowest BCUT2D eigenvalue weighted by Gasteiger charge is -2.14. The smallest absolute Gasteiger partial charge is 0.251 e. The molecular formula is C18H23N5O2. The maximum atomic E-state index is 12.1. The van der Waals surface area contributed by atoms with Crippen molar-refractivity contribution in [2.75, 3.05) is 11.9 Å². The minimum absolute atomic E-state index is 0.0399. The zero-order valence-electron chi connectivity index (χ0n) is 14.7. The quantitative estimate of drug-likeness (QED) is 0.691. The number of hydrogen-bond donors (Lipinski definition) is 2. The molecule has 1 atom stereocenters. The molecule has 0 unspecified atom stereocenters. The Balaban J connectivity index is 1.53. The Morgan fingerprint density at radius 2 is 2.24 bits per heavy atom. The number of amides is 1. The number of carbonyl (C=O) groups excluding carboxylic acids is 1. The maximum Gasteiger partial charge on any atom is 0.251 e. The number of ether oxygens (including phenoxy) is 1. The summed E-state index contributed by atoms with van der Waals surface area (Å²) in [7, 11) is 0. The zero-order chi connectivity index (χ0) is 17.8. The topological polar surface area (TPSA) is 84.8 Å². The molecule has 0 aliphatic carbocycles. The minimum atomic E-state index is -0.211. The first-order valence-corrected chi connectivity index (χ1v) is 8.43. The number of carbonyl (C=O) groups is 1. The average Bonchev–Trinajstić information content (AvgIpc) is 3.20. The van der Waals surface area contributed by atoms with Crippen molar-refractivity contribution in [3.05, 3.63) is 41.9 Å². The lowest BCUT2D eigenvalue weighted by molar-refractivity contribution is -0.121. The minimum Gasteiger partial charge on any atom is -0.364 e. The van der Waals surface area contributed by atoms with E-state index in [1.165, 1.54) is 5.56 Å². The molecule has 25 heavy (non-hydrogen) atoms. The molecule has 0 aliphatic heterocycles. The summed E-state index contributed by atoms with van der Waals surface area (Å²) in [5.74, 6) is 1.18. The van der Waals surface area contributed by atoms with Crippen LogP contribution in [0, 0.1) is 6.92 Å². The Hall–Kier alpha value is -2.67. The number of imidazole rings is 1. The van der Waals surface area contributed by atoms with Crippen molar-refractivity contribution < 1.29 is 9.53 Å². The maximum absolute atomic E-state index is 12.1. The molecule has 2 N–H and O–H groups in total. The van der Waals surface area contributed by atoms with Gasteiger partial charge in [-0.2, -0.15) is 5.10 Å². The third-order valence-electron chi connectivity index (χ3n) is 4.10. The van der Waals surface area contributed by atoms with E-state index in [9.17, 15) is 4.79 Å². The van der Waals surface area contributed by atoms with Crippen LogP contribution in [0.1, 0.15) is 37.7 Å². The number of H-pyrrole nitrogens is 1. The standard InChI is InChI=1S/C18H23N5O2/c1-4-13(3)23-17(7-8-19-23)22-18(24)11-25-10-16-20-14-6-5-12(2)9-15(14)21-16/h5-9,13H,4,10-11H2,1-3H3,(H,20,21)(H,22,24)/t13-/m0/s1. The summed E-state index contributed by atoms with van der Waals surface area (Å²) in [5, 5.41) is 7.08. The van der Waals surface area contributed by atoms with Crippen LogP contribution < -0.4 is 5.32 Å². The molecule has 132 valence electrons. The van der Waals surface area contributed by atoms with E-state index in [-0.39, 0.29) is 25.2 Å². The molecule has 0 saturated carbocycles. The molecule has 7 heteroatoms. The first-order chi connectivity index (χ1) is 12.1. The molecule has 0 spiro atoms. The number of hydrogen-bond acceptors (Lipinski definition) is 4. The van der Waals surface area contributed by atoms with Crippen molar-refractivity contribution in [1.29, 1.82) is 0 Å². The average molecular weight is 341 g/mol. The lowest BCUT2D eigenvalue weighted by atomic mass is 10.2. The highest BCUT2D eigenvalue weighted by Crippen LogP contribution is 2.16. The van der Waals surface area contributed by atoms with Gasteiger partial charge >= 0.3 is 0 Å². The molecule has 3 rings (SSSR count). The highest BCUT2D eigenvalue weighted by Gasteiger charge is 2.11. The van der Waals surface area contributed by atoms with Gasteiger partial charge < -0.3 is 15.0 Å². The number of rotatable bonds is 7. The van der Waals surface area contributed by atoms with Crippen LogP contribution in [-0.4, -0.2) is 32.3 Å². The number of fused-ring (bicyclic) bond motifs is 1. The van der Waals surface area contributed by atoms with Gasteiger partial charge in [0, 0.05) is 6.07 Å². The number of nitrogens with zero attached hydrogens (tertiary/aromatic N) is 3. The number of benzene rings is 1. The van der Waals surface area contributed by atoms with Crippen molar-refractivity contribution in [1.82, 2.24) is 19.7 Å². The van der Waals surface area contributed by atoms with E-state index in [2.05, 4.69) is 34.2 Å². The van der Waals surface area contributed by atoms with Crippen LogP contribution in [0.2, 0.25) is 0 Å². The molecular weight excluding hydrogens is 318 g/mol. The lowest BCUT2D eigenvalue weighted by Crippen LogP contribution is -2.21. The Labute approximate surface area is 146 Å². The predicted molar refractivity (Wildman–Crippen MR) is 96.3 cm³/mol. The van der Waals surface area contributed by atoms with Crippen molar-refractivity contribution in [2.24, 2.45) is 0 Å². The summed E-state index contributed by atoms with van der Waals surface area (Å²) in [4.78, 5) is 19.7. The summed E-state index contributed by atoms with van der Waals surface area (Å²) >= 11 is 0. The highest BCUT2D eigenvalue weighted by atomic mass is 16.5. The second kappa shape index (κ2) is 7.48. The van der Waals surface area contributed by atoms with E-state index < -0.39 is 0 Å². The summed E-state index contributed by atoms with van der Waals surface area (Å²) in [6.45, 7) is 6.39.